The van der Waals surface area contributed by atoms with E-state index in [4.69, 9.17) is 10.1 Å². The second-order valence-corrected chi connectivity index (χ2v) is 5.26. The topological polar surface area (TPSA) is 117 Å². The summed E-state index contributed by atoms with van der Waals surface area (Å²) >= 11 is 0. The number of amides is 1. The molecule has 0 unspecified atom stereocenters. The molecule has 0 bridgehead atoms. The molecule has 1 heterocycles. The average Bonchev–Trinajstić information content (AvgIpc) is 2.85. The van der Waals surface area contributed by atoms with Gasteiger partial charge in [0, 0.05) is 4.91 Å². The standard InChI is InChI=1S/C13H17FN6O2/c1-9(14)11(21)18-13(6-4-2-3-5-7-13)12-17-10(22-19-12)8-16-20-15/h1-8H2,(H,18,21). The molecule has 0 saturated heterocycles. The van der Waals surface area contributed by atoms with E-state index in [0.717, 1.165) is 25.7 Å². The number of rotatable bonds is 5. The Balaban J connectivity index is 2.30. The van der Waals surface area contributed by atoms with Crippen molar-refractivity contribution in [3.05, 3.63) is 34.6 Å². The van der Waals surface area contributed by atoms with E-state index in [-0.39, 0.29) is 18.3 Å². The molecule has 0 atom stereocenters. The Bertz CT molecular complexity index is 599. The van der Waals surface area contributed by atoms with Crippen LogP contribution < -0.4 is 5.32 Å². The van der Waals surface area contributed by atoms with E-state index < -0.39 is 17.3 Å². The molecule has 8 nitrogen and oxygen atoms in total. The number of azide groups is 1. The van der Waals surface area contributed by atoms with Crippen LogP contribution in [0.4, 0.5) is 4.39 Å². The zero-order chi connectivity index (χ0) is 16.0. The molecular weight excluding hydrogens is 291 g/mol. The maximum atomic E-state index is 13.1. The third-order valence-corrected chi connectivity index (χ3v) is 3.72. The SMILES string of the molecule is C=C(F)C(=O)NC1(c2noc(CN=[N+]=[N-])n2)CCCCCC1. The molecule has 1 aromatic rings. The lowest BCUT2D eigenvalue weighted by Gasteiger charge is -2.30. The third kappa shape index (κ3) is 3.62. The highest BCUT2D eigenvalue weighted by Gasteiger charge is 2.39. The maximum absolute atomic E-state index is 13.1. The number of hydrogen-bond acceptors (Lipinski definition) is 5. The van der Waals surface area contributed by atoms with E-state index in [1.807, 2.05) is 0 Å². The van der Waals surface area contributed by atoms with Gasteiger partial charge in [0.2, 0.25) is 5.89 Å². The number of hydrogen-bond donors (Lipinski definition) is 1. The monoisotopic (exact) mass is 308 g/mol. The van der Waals surface area contributed by atoms with Crippen LogP contribution in [0.1, 0.15) is 50.2 Å². The van der Waals surface area contributed by atoms with E-state index in [2.05, 4.69) is 32.1 Å². The number of carbonyl (C=O) groups is 1. The van der Waals surface area contributed by atoms with Crippen LogP contribution in [0.5, 0.6) is 0 Å². The molecular formula is C13H17FN6O2. The molecule has 0 spiro atoms. The molecule has 1 saturated carbocycles. The normalized spacial score (nSPS) is 17.1. The first-order valence-corrected chi connectivity index (χ1v) is 7.08. The quantitative estimate of drug-likeness (QED) is 0.296. The summed E-state index contributed by atoms with van der Waals surface area (Å²) in [5.74, 6) is -1.48. The van der Waals surface area contributed by atoms with Crippen molar-refractivity contribution in [3.8, 4) is 0 Å². The van der Waals surface area contributed by atoms with Gasteiger partial charge in [0.05, 0.1) is 0 Å². The fourth-order valence-corrected chi connectivity index (χ4v) is 2.63. The molecule has 0 aromatic carbocycles. The van der Waals surface area contributed by atoms with E-state index in [0.29, 0.717) is 12.8 Å². The second kappa shape index (κ2) is 7.04. The van der Waals surface area contributed by atoms with Gasteiger partial charge in [-0.15, -0.1) is 0 Å². The number of halogens is 1. The summed E-state index contributed by atoms with van der Waals surface area (Å²) in [6.07, 6.45) is 4.95. The van der Waals surface area contributed by atoms with E-state index in [1.165, 1.54) is 0 Å². The lowest BCUT2D eigenvalue weighted by Crippen LogP contribution is -2.46. The Morgan fingerprint density at radius 1 is 1.45 bits per heavy atom. The summed E-state index contributed by atoms with van der Waals surface area (Å²) in [6.45, 7) is 2.95. The number of nitrogens with one attached hydrogen (secondary N) is 1. The number of aromatic nitrogens is 2. The summed E-state index contributed by atoms with van der Waals surface area (Å²) in [4.78, 5) is 18.6. The minimum atomic E-state index is -1.05. The summed E-state index contributed by atoms with van der Waals surface area (Å²) in [6, 6.07) is 0. The van der Waals surface area contributed by atoms with Crippen LogP contribution in [0.25, 0.3) is 10.4 Å². The molecule has 1 amide bonds. The first kappa shape index (κ1) is 16.0. The van der Waals surface area contributed by atoms with Gasteiger partial charge < -0.3 is 9.84 Å². The van der Waals surface area contributed by atoms with E-state index in [1.54, 1.807) is 0 Å². The zero-order valence-electron chi connectivity index (χ0n) is 12.1. The van der Waals surface area contributed by atoms with Crippen molar-refractivity contribution in [1.82, 2.24) is 15.5 Å². The Kier molecular flexibility index (Phi) is 5.11. The van der Waals surface area contributed by atoms with Crippen molar-refractivity contribution in [2.24, 2.45) is 5.11 Å². The molecule has 1 aromatic heterocycles. The molecule has 9 heteroatoms. The van der Waals surface area contributed by atoms with Crippen LogP contribution in [-0.4, -0.2) is 16.0 Å². The first-order chi connectivity index (χ1) is 10.6. The summed E-state index contributed by atoms with van der Waals surface area (Å²) in [7, 11) is 0. The van der Waals surface area contributed by atoms with Crippen molar-refractivity contribution in [3.63, 3.8) is 0 Å². The summed E-state index contributed by atoms with van der Waals surface area (Å²) < 4.78 is 18.1. The van der Waals surface area contributed by atoms with Crippen LogP contribution in [0.3, 0.4) is 0 Å². The molecule has 0 radical (unpaired) electrons. The van der Waals surface area contributed by atoms with Gasteiger partial charge in [-0.3, -0.25) is 4.79 Å². The highest BCUT2D eigenvalue weighted by Crippen LogP contribution is 2.35. The highest BCUT2D eigenvalue weighted by molar-refractivity contribution is 5.91. The molecule has 118 valence electrons. The third-order valence-electron chi connectivity index (χ3n) is 3.72. The lowest BCUT2D eigenvalue weighted by atomic mass is 9.89. The molecule has 2 rings (SSSR count). The average molecular weight is 308 g/mol. The van der Waals surface area contributed by atoms with Gasteiger partial charge in [-0.1, -0.05) is 42.5 Å². The first-order valence-electron chi connectivity index (χ1n) is 7.08. The summed E-state index contributed by atoms with van der Waals surface area (Å²) in [5.41, 5.74) is 7.44. The van der Waals surface area contributed by atoms with Gasteiger partial charge in [0.15, 0.2) is 11.7 Å². The van der Waals surface area contributed by atoms with Gasteiger partial charge in [-0.25, -0.2) is 4.39 Å². The zero-order valence-corrected chi connectivity index (χ0v) is 12.1. The molecule has 1 fully saturated rings. The van der Waals surface area contributed by atoms with Gasteiger partial charge in [-0.2, -0.15) is 4.98 Å². The van der Waals surface area contributed by atoms with Crippen molar-refractivity contribution in [2.75, 3.05) is 0 Å². The fraction of sp³-hybridized carbons (Fsp3) is 0.615. The predicted octanol–water partition coefficient (Wildman–Crippen LogP) is 3.03. The molecule has 0 aliphatic heterocycles. The van der Waals surface area contributed by atoms with Gasteiger partial charge in [0.1, 0.15) is 12.1 Å². The van der Waals surface area contributed by atoms with Gasteiger partial charge >= 0.3 is 0 Å². The van der Waals surface area contributed by atoms with Crippen molar-refractivity contribution >= 4 is 5.91 Å². The molecule has 1 aliphatic rings. The Morgan fingerprint density at radius 3 is 2.73 bits per heavy atom. The number of nitrogens with zero attached hydrogens (tertiary/aromatic N) is 5. The van der Waals surface area contributed by atoms with Crippen LogP contribution >= 0.6 is 0 Å². The minimum Gasteiger partial charge on any atom is -0.339 e. The van der Waals surface area contributed by atoms with Gasteiger partial charge in [-0.05, 0) is 18.4 Å². The predicted molar refractivity (Wildman–Crippen MR) is 74.9 cm³/mol. The molecule has 1 aliphatic carbocycles. The Morgan fingerprint density at radius 2 is 2.14 bits per heavy atom. The Labute approximate surface area is 126 Å². The number of carbonyl (C=O) groups excluding carboxylic acids is 1. The second-order valence-electron chi connectivity index (χ2n) is 5.26. The largest absolute Gasteiger partial charge is 0.339 e. The van der Waals surface area contributed by atoms with Crippen LogP contribution in [0.15, 0.2) is 22.0 Å². The van der Waals surface area contributed by atoms with Crippen LogP contribution in [0.2, 0.25) is 0 Å². The maximum Gasteiger partial charge on any atom is 0.280 e. The lowest BCUT2D eigenvalue weighted by molar-refractivity contribution is -0.121. The van der Waals surface area contributed by atoms with Crippen molar-refractivity contribution in [2.45, 2.75) is 50.6 Å². The van der Waals surface area contributed by atoms with Crippen LogP contribution in [0, 0.1) is 0 Å². The van der Waals surface area contributed by atoms with Crippen LogP contribution in [-0.2, 0) is 16.9 Å². The minimum absolute atomic E-state index is 0.0661. The van der Waals surface area contributed by atoms with Crippen molar-refractivity contribution in [1.29, 1.82) is 0 Å². The van der Waals surface area contributed by atoms with Crippen molar-refractivity contribution < 1.29 is 13.7 Å². The smallest absolute Gasteiger partial charge is 0.280 e. The summed E-state index contributed by atoms with van der Waals surface area (Å²) in [5, 5.41) is 9.89. The molecule has 22 heavy (non-hydrogen) atoms. The molecule has 1 N–H and O–H groups in total. The fourth-order valence-electron chi connectivity index (χ4n) is 2.63. The van der Waals surface area contributed by atoms with E-state index >= 15 is 0 Å². The van der Waals surface area contributed by atoms with Gasteiger partial charge in [0.25, 0.3) is 5.91 Å². The Hall–Kier alpha value is -2.41. The van der Waals surface area contributed by atoms with E-state index in [9.17, 15) is 9.18 Å². The highest BCUT2D eigenvalue weighted by atomic mass is 19.1.